The number of halogens is 2. The van der Waals surface area contributed by atoms with Gasteiger partial charge in [0.2, 0.25) is 0 Å². The van der Waals surface area contributed by atoms with Crippen LogP contribution in [0.3, 0.4) is 0 Å². The Morgan fingerprint density at radius 2 is 2.00 bits per heavy atom. The molecule has 0 unspecified atom stereocenters. The molecule has 0 saturated carbocycles. The summed E-state index contributed by atoms with van der Waals surface area (Å²) in [5.74, 6) is -1.86. The third kappa shape index (κ3) is 3.39. The summed E-state index contributed by atoms with van der Waals surface area (Å²) in [6.45, 7) is -0.169. The van der Waals surface area contributed by atoms with Crippen molar-refractivity contribution in [3.8, 4) is 6.07 Å². The van der Waals surface area contributed by atoms with Gasteiger partial charge in [0, 0.05) is 5.56 Å². The summed E-state index contributed by atoms with van der Waals surface area (Å²) in [6, 6.07) is 12.6. The Morgan fingerprint density at radius 3 is 2.80 bits per heavy atom. The lowest BCUT2D eigenvalue weighted by Crippen LogP contribution is -1.95. The van der Waals surface area contributed by atoms with Gasteiger partial charge in [0.25, 0.3) is 0 Å². The second-order valence-electron chi connectivity index (χ2n) is 3.96. The number of nitrogens with zero attached hydrogens (tertiary/aromatic N) is 2. The molecule has 2 rings (SSSR count). The zero-order valence-corrected chi connectivity index (χ0v) is 10.4. The molecule has 0 amide bonds. The van der Waals surface area contributed by atoms with Gasteiger partial charge in [0.15, 0.2) is 11.6 Å². The van der Waals surface area contributed by atoms with E-state index < -0.39 is 11.6 Å². The number of benzene rings is 2. The van der Waals surface area contributed by atoms with Crippen molar-refractivity contribution in [3.05, 3.63) is 70.8 Å². The fourth-order valence-electron chi connectivity index (χ4n) is 1.55. The van der Waals surface area contributed by atoms with Gasteiger partial charge in [-0.2, -0.15) is 5.26 Å². The van der Waals surface area contributed by atoms with Crippen LogP contribution in [-0.2, 0) is 11.4 Å². The number of hydrogen-bond acceptors (Lipinski definition) is 3. The first kappa shape index (κ1) is 13.7. The molecule has 0 aliphatic rings. The van der Waals surface area contributed by atoms with E-state index in [1.807, 2.05) is 6.07 Å². The number of rotatable bonds is 4. The third-order valence-electron chi connectivity index (χ3n) is 2.54. The van der Waals surface area contributed by atoms with E-state index in [9.17, 15) is 8.78 Å². The van der Waals surface area contributed by atoms with Crippen LogP contribution in [-0.4, -0.2) is 6.21 Å². The predicted octanol–water partition coefficient (Wildman–Crippen LogP) is 3.39. The molecule has 2 aromatic rings. The second-order valence-corrected chi connectivity index (χ2v) is 3.96. The molecular formula is C15H10F2N2O. The maximum Gasteiger partial charge on any atom is 0.165 e. The average molecular weight is 272 g/mol. The van der Waals surface area contributed by atoms with Crippen LogP contribution in [0.5, 0.6) is 0 Å². The summed E-state index contributed by atoms with van der Waals surface area (Å²) in [4.78, 5) is 4.91. The van der Waals surface area contributed by atoms with E-state index in [-0.39, 0.29) is 12.2 Å². The average Bonchev–Trinajstić information content (AvgIpc) is 2.48. The third-order valence-corrected chi connectivity index (χ3v) is 2.54. The van der Waals surface area contributed by atoms with Crippen LogP contribution >= 0.6 is 0 Å². The Kier molecular flexibility index (Phi) is 4.40. The molecule has 0 aliphatic heterocycles. The van der Waals surface area contributed by atoms with Crippen molar-refractivity contribution in [2.24, 2.45) is 5.16 Å². The summed E-state index contributed by atoms with van der Waals surface area (Å²) in [7, 11) is 0. The molecular weight excluding hydrogens is 262 g/mol. The van der Waals surface area contributed by atoms with Gasteiger partial charge in [-0.3, -0.25) is 0 Å². The van der Waals surface area contributed by atoms with Gasteiger partial charge in [-0.15, -0.1) is 0 Å². The largest absolute Gasteiger partial charge is 0.391 e. The van der Waals surface area contributed by atoms with Crippen LogP contribution in [0.25, 0.3) is 0 Å². The Balaban J connectivity index is 1.97. The van der Waals surface area contributed by atoms with Crippen LogP contribution in [0.1, 0.15) is 16.7 Å². The standard InChI is InChI=1S/C15H10F2N2O/c16-14-6-2-5-13(15(14)17)10-20-19-9-12-4-1-3-11(7-12)8-18/h1-7,9H,10H2. The second kappa shape index (κ2) is 6.43. The van der Waals surface area contributed by atoms with E-state index in [2.05, 4.69) is 5.16 Å². The van der Waals surface area contributed by atoms with Crippen molar-refractivity contribution in [3.63, 3.8) is 0 Å². The van der Waals surface area contributed by atoms with Crippen molar-refractivity contribution < 1.29 is 13.6 Å². The molecule has 0 spiro atoms. The Morgan fingerprint density at radius 1 is 1.20 bits per heavy atom. The van der Waals surface area contributed by atoms with E-state index >= 15 is 0 Å². The number of oxime groups is 1. The molecule has 0 N–H and O–H groups in total. The molecule has 0 radical (unpaired) electrons. The van der Waals surface area contributed by atoms with Crippen LogP contribution in [0.4, 0.5) is 8.78 Å². The van der Waals surface area contributed by atoms with Gasteiger partial charge in [-0.1, -0.05) is 29.4 Å². The molecule has 3 nitrogen and oxygen atoms in total. The fourth-order valence-corrected chi connectivity index (χ4v) is 1.55. The van der Waals surface area contributed by atoms with E-state index in [1.54, 1.807) is 24.3 Å². The van der Waals surface area contributed by atoms with Gasteiger partial charge in [0.05, 0.1) is 17.8 Å². The van der Waals surface area contributed by atoms with Gasteiger partial charge >= 0.3 is 0 Å². The van der Waals surface area contributed by atoms with Crippen LogP contribution in [0, 0.1) is 23.0 Å². The molecule has 0 bridgehead atoms. The summed E-state index contributed by atoms with van der Waals surface area (Å²) in [5.41, 5.74) is 1.28. The van der Waals surface area contributed by atoms with Crippen molar-refractivity contribution in [1.82, 2.24) is 0 Å². The van der Waals surface area contributed by atoms with E-state index in [0.717, 1.165) is 6.07 Å². The maximum atomic E-state index is 13.3. The SMILES string of the molecule is N#Cc1cccc(C=NOCc2cccc(F)c2F)c1. The minimum atomic E-state index is -0.936. The number of nitriles is 1. The molecule has 0 aliphatic carbocycles. The lowest BCUT2D eigenvalue weighted by atomic mass is 10.1. The minimum Gasteiger partial charge on any atom is -0.391 e. The molecule has 0 aromatic heterocycles. The lowest BCUT2D eigenvalue weighted by Gasteiger charge is -2.02. The molecule has 0 heterocycles. The first-order valence-corrected chi connectivity index (χ1v) is 5.79. The monoisotopic (exact) mass is 272 g/mol. The van der Waals surface area contributed by atoms with Gasteiger partial charge in [-0.05, 0) is 23.8 Å². The maximum absolute atomic E-state index is 13.3. The molecule has 20 heavy (non-hydrogen) atoms. The highest BCUT2D eigenvalue weighted by molar-refractivity contribution is 5.79. The number of hydrogen-bond donors (Lipinski definition) is 0. The molecule has 0 atom stereocenters. The highest BCUT2D eigenvalue weighted by Crippen LogP contribution is 2.12. The van der Waals surface area contributed by atoms with E-state index in [0.29, 0.717) is 11.1 Å². The lowest BCUT2D eigenvalue weighted by molar-refractivity contribution is 0.129. The first-order chi connectivity index (χ1) is 9.70. The molecule has 0 fully saturated rings. The topological polar surface area (TPSA) is 45.4 Å². The zero-order chi connectivity index (χ0) is 14.4. The summed E-state index contributed by atoms with van der Waals surface area (Å²) in [5, 5.41) is 12.4. The Hall–Kier alpha value is -2.74. The summed E-state index contributed by atoms with van der Waals surface area (Å²) >= 11 is 0. The first-order valence-electron chi connectivity index (χ1n) is 5.79. The van der Waals surface area contributed by atoms with Crippen LogP contribution in [0.2, 0.25) is 0 Å². The van der Waals surface area contributed by atoms with E-state index in [4.69, 9.17) is 10.1 Å². The summed E-state index contributed by atoms with van der Waals surface area (Å²) in [6.07, 6.45) is 1.40. The van der Waals surface area contributed by atoms with Gasteiger partial charge in [-0.25, -0.2) is 8.78 Å². The minimum absolute atomic E-state index is 0.0907. The zero-order valence-electron chi connectivity index (χ0n) is 10.4. The van der Waals surface area contributed by atoms with Gasteiger partial charge < -0.3 is 4.84 Å². The Bertz CT molecular complexity index is 678. The van der Waals surface area contributed by atoms with Crippen molar-refractivity contribution in [2.75, 3.05) is 0 Å². The van der Waals surface area contributed by atoms with Gasteiger partial charge in [0.1, 0.15) is 6.61 Å². The Labute approximate surface area is 114 Å². The highest BCUT2D eigenvalue weighted by atomic mass is 19.2. The normalized spacial score (nSPS) is 10.4. The van der Waals surface area contributed by atoms with Crippen molar-refractivity contribution in [1.29, 1.82) is 5.26 Å². The summed E-state index contributed by atoms with van der Waals surface area (Å²) < 4.78 is 26.2. The molecule has 0 saturated heterocycles. The molecule has 2 aromatic carbocycles. The van der Waals surface area contributed by atoms with Crippen LogP contribution < -0.4 is 0 Å². The molecule has 5 heteroatoms. The van der Waals surface area contributed by atoms with E-state index in [1.165, 1.54) is 18.3 Å². The quantitative estimate of drug-likeness (QED) is 0.632. The van der Waals surface area contributed by atoms with Crippen LogP contribution in [0.15, 0.2) is 47.6 Å². The highest BCUT2D eigenvalue weighted by Gasteiger charge is 2.07. The fraction of sp³-hybridized carbons (Fsp3) is 0.0667. The smallest absolute Gasteiger partial charge is 0.165 e. The van der Waals surface area contributed by atoms with Crippen molar-refractivity contribution in [2.45, 2.75) is 6.61 Å². The molecule has 100 valence electrons. The predicted molar refractivity (Wildman–Crippen MR) is 69.9 cm³/mol. The van der Waals surface area contributed by atoms with Crippen molar-refractivity contribution >= 4 is 6.21 Å².